The number of aromatic nitrogens is 1. The molecule has 0 unspecified atom stereocenters. The minimum atomic E-state index is 0.590. The predicted molar refractivity (Wildman–Crippen MR) is 84.2 cm³/mol. The third kappa shape index (κ3) is 2.86. The van der Waals surface area contributed by atoms with E-state index in [9.17, 15) is 0 Å². The first-order valence-corrected chi connectivity index (χ1v) is 7.18. The quantitative estimate of drug-likeness (QED) is 0.503. The maximum atomic E-state index is 5.65. The van der Waals surface area contributed by atoms with Crippen LogP contribution in [0.15, 0.2) is 53.5 Å². The Bertz CT molecular complexity index is 763. The fraction of sp³-hybridized carbons (Fsp3) is 0.125. The highest BCUT2D eigenvalue weighted by molar-refractivity contribution is 7.22. The molecule has 0 radical (unpaired) electrons. The molecule has 100 valence electrons. The maximum Gasteiger partial charge on any atom is 0.213 e. The number of aryl methyl sites for hydroxylation is 1. The molecular weight excluding hydrogens is 268 g/mol. The lowest BCUT2D eigenvalue weighted by molar-refractivity contribution is 0.547. The van der Waals surface area contributed by atoms with Gasteiger partial charge in [-0.2, -0.15) is 4.99 Å². The van der Waals surface area contributed by atoms with Crippen molar-refractivity contribution >= 4 is 32.6 Å². The summed E-state index contributed by atoms with van der Waals surface area (Å²) >= 11 is 1.57. The van der Waals surface area contributed by atoms with Gasteiger partial charge >= 0.3 is 0 Å². The van der Waals surface area contributed by atoms with E-state index >= 15 is 0 Å². The summed E-state index contributed by atoms with van der Waals surface area (Å²) in [6, 6.07) is 15.8. The normalized spacial score (nSPS) is 11.8. The molecule has 0 saturated carbocycles. The Morgan fingerprint density at radius 1 is 1.15 bits per heavy atom. The second-order valence-corrected chi connectivity index (χ2v) is 5.52. The molecule has 1 aromatic heterocycles. The van der Waals surface area contributed by atoms with Gasteiger partial charge in [-0.15, -0.1) is 0 Å². The van der Waals surface area contributed by atoms with Crippen LogP contribution in [0.1, 0.15) is 12.5 Å². The van der Waals surface area contributed by atoms with E-state index in [-0.39, 0.29) is 0 Å². The molecule has 0 saturated heterocycles. The Kier molecular flexibility index (Phi) is 3.48. The molecule has 3 rings (SSSR count). The van der Waals surface area contributed by atoms with Crippen LogP contribution in [-0.4, -0.2) is 10.9 Å². The Morgan fingerprint density at radius 3 is 2.75 bits per heavy atom. The van der Waals surface area contributed by atoms with E-state index in [1.165, 1.54) is 5.56 Å². The largest absolute Gasteiger partial charge is 0.443 e. The van der Waals surface area contributed by atoms with Gasteiger partial charge in [0.05, 0.1) is 10.2 Å². The number of thiazole rings is 1. The standard InChI is InChI=1S/C16H14N2OS/c1-11-8-9-14-15(10-11)20-16(18-14)17-12(2)19-13-6-4-3-5-7-13/h3-10H,1-2H3. The molecule has 4 heteroatoms. The van der Waals surface area contributed by atoms with Gasteiger partial charge in [0.15, 0.2) is 5.90 Å². The van der Waals surface area contributed by atoms with Crippen molar-refractivity contribution < 1.29 is 4.74 Å². The highest BCUT2D eigenvalue weighted by Gasteiger charge is 2.04. The first-order valence-electron chi connectivity index (χ1n) is 6.36. The van der Waals surface area contributed by atoms with Crippen molar-refractivity contribution in [3.05, 3.63) is 54.1 Å². The third-order valence-electron chi connectivity index (χ3n) is 2.79. The third-order valence-corrected chi connectivity index (χ3v) is 3.71. The summed E-state index contributed by atoms with van der Waals surface area (Å²) in [5.74, 6) is 1.37. The number of aliphatic imine (C=N–C) groups is 1. The molecule has 1 heterocycles. The minimum Gasteiger partial charge on any atom is -0.443 e. The van der Waals surface area contributed by atoms with E-state index in [4.69, 9.17) is 4.74 Å². The van der Waals surface area contributed by atoms with E-state index in [0.717, 1.165) is 21.1 Å². The molecule has 20 heavy (non-hydrogen) atoms. The Morgan fingerprint density at radius 2 is 1.95 bits per heavy atom. The number of hydrogen-bond donors (Lipinski definition) is 0. The molecule has 0 spiro atoms. The molecule has 0 N–H and O–H groups in total. The second-order valence-electron chi connectivity index (χ2n) is 4.51. The zero-order valence-electron chi connectivity index (χ0n) is 11.3. The SMILES string of the molecule is CC(=Nc1nc2ccc(C)cc2s1)Oc1ccccc1. The summed E-state index contributed by atoms with van der Waals surface area (Å²) in [4.78, 5) is 8.91. The molecule has 0 aliphatic heterocycles. The van der Waals surface area contributed by atoms with Crippen molar-refractivity contribution in [2.24, 2.45) is 4.99 Å². The topological polar surface area (TPSA) is 34.5 Å². The number of nitrogens with zero attached hydrogens (tertiary/aromatic N) is 2. The van der Waals surface area contributed by atoms with E-state index in [0.29, 0.717) is 5.90 Å². The van der Waals surface area contributed by atoms with Crippen LogP contribution < -0.4 is 4.74 Å². The van der Waals surface area contributed by atoms with Crippen LogP contribution in [0.4, 0.5) is 5.13 Å². The van der Waals surface area contributed by atoms with Gasteiger partial charge in [-0.1, -0.05) is 35.6 Å². The van der Waals surface area contributed by atoms with Gasteiger partial charge in [-0.3, -0.25) is 0 Å². The number of fused-ring (bicyclic) bond motifs is 1. The predicted octanol–water partition coefficient (Wildman–Crippen LogP) is 4.73. The Balaban J connectivity index is 1.85. The molecule has 2 aromatic carbocycles. The van der Waals surface area contributed by atoms with E-state index < -0.39 is 0 Å². The molecule has 0 amide bonds. The zero-order chi connectivity index (χ0) is 13.9. The summed E-state index contributed by atoms with van der Waals surface area (Å²) < 4.78 is 6.80. The lowest BCUT2D eigenvalue weighted by atomic mass is 10.2. The number of ether oxygens (including phenoxy) is 1. The van der Waals surface area contributed by atoms with Gasteiger partial charge in [0.25, 0.3) is 0 Å². The summed E-state index contributed by atoms with van der Waals surface area (Å²) in [7, 11) is 0. The van der Waals surface area contributed by atoms with Crippen molar-refractivity contribution in [2.45, 2.75) is 13.8 Å². The molecular formula is C16H14N2OS. The number of benzene rings is 2. The summed E-state index contributed by atoms with van der Waals surface area (Å²) in [6.45, 7) is 3.91. The van der Waals surface area contributed by atoms with Crippen molar-refractivity contribution in [1.82, 2.24) is 4.98 Å². The average Bonchev–Trinajstić information content (AvgIpc) is 2.80. The van der Waals surface area contributed by atoms with Crippen LogP contribution in [0.3, 0.4) is 0 Å². The molecule has 0 aliphatic carbocycles. The van der Waals surface area contributed by atoms with Crippen molar-refractivity contribution in [3.8, 4) is 5.75 Å². The van der Waals surface area contributed by atoms with Crippen LogP contribution in [-0.2, 0) is 0 Å². The van der Waals surface area contributed by atoms with Crippen LogP contribution in [0, 0.1) is 6.92 Å². The van der Waals surface area contributed by atoms with Crippen LogP contribution in [0.5, 0.6) is 5.75 Å². The molecule has 0 bridgehead atoms. The second kappa shape index (κ2) is 5.43. The first-order chi connectivity index (χ1) is 9.70. The summed E-state index contributed by atoms with van der Waals surface area (Å²) in [5.41, 5.74) is 2.21. The summed E-state index contributed by atoms with van der Waals surface area (Å²) in [5, 5.41) is 0.721. The van der Waals surface area contributed by atoms with E-state index in [2.05, 4.69) is 29.0 Å². The average molecular weight is 282 g/mol. The number of para-hydroxylation sites is 1. The van der Waals surface area contributed by atoms with Gasteiger partial charge < -0.3 is 4.74 Å². The minimum absolute atomic E-state index is 0.590. The van der Waals surface area contributed by atoms with Crippen LogP contribution >= 0.6 is 11.3 Å². The Labute approximate surface area is 121 Å². The van der Waals surface area contributed by atoms with Crippen LogP contribution in [0.25, 0.3) is 10.2 Å². The highest BCUT2D eigenvalue weighted by Crippen LogP contribution is 2.28. The maximum absolute atomic E-state index is 5.65. The van der Waals surface area contributed by atoms with Crippen LogP contribution in [0.2, 0.25) is 0 Å². The lowest BCUT2D eigenvalue weighted by Crippen LogP contribution is -2.01. The number of rotatable bonds is 2. The molecule has 0 aliphatic rings. The van der Waals surface area contributed by atoms with Crippen molar-refractivity contribution in [3.63, 3.8) is 0 Å². The van der Waals surface area contributed by atoms with Crippen molar-refractivity contribution in [1.29, 1.82) is 0 Å². The smallest absolute Gasteiger partial charge is 0.213 e. The van der Waals surface area contributed by atoms with Gasteiger partial charge in [0.2, 0.25) is 5.13 Å². The first kappa shape index (κ1) is 12.8. The fourth-order valence-electron chi connectivity index (χ4n) is 1.88. The highest BCUT2D eigenvalue weighted by atomic mass is 32.1. The molecule has 0 fully saturated rings. The van der Waals surface area contributed by atoms with E-state index in [1.54, 1.807) is 11.3 Å². The Hall–Kier alpha value is -2.20. The van der Waals surface area contributed by atoms with Gasteiger partial charge in [0.1, 0.15) is 5.75 Å². The fourth-order valence-corrected chi connectivity index (χ4v) is 2.86. The van der Waals surface area contributed by atoms with Gasteiger partial charge in [0, 0.05) is 6.92 Å². The molecule has 3 aromatic rings. The molecule has 3 nitrogen and oxygen atoms in total. The lowest BCUT2D eigenvalue weighted by Gasteiger charge is -2.02. The monoisotopic (exact) mass is 282 g/mol. The van der Waals surface area contributed by atoms with E-state index in [1.807, 2.05) is 43.3 Å². The van der Waals surface area contributed by atoms with Gasteiger partial charge in [-0.25, -0.2) is 4.98 Å². The number of hydrogen-bond acceptors (Lipinski definition) is 4. The van der Waals surface area contributed by atoms with Gasteiger partial charge in [-0.05, 0) is 36.8 Å². The van der Waals surface area contributed by atoms with Crippen molar-refractivity contribution in [2.75, 3.05) is 0 Å². The summed E-state index contributed by atoms with van der Waals surface area (Å²) in [6.07, 6.45) is 0. The molecule has 0 atom stereocenters. The zero-order valence-corrected chi connectivity index (χ0v) is 12.1.